The van der Waals surface area contributed by atoms with Gasteiger partial charge in [0.2, 0.25) is 0 Å². The van der Waals surface area contributed by atoms with E-state index in [1.807, 2.05) is 30.3 Å². The van der Waals surface area contributed by atoms with Crippen molar-refractivity contribution in [3.05, 3.63) is 64.5 Å². The molecule has 0 unspecified atom stereocenters. The molecular formula is C12H9ClN2O. The number of anilines is 2. The largest absolute Gasteiger partial charge is 0.197 e. The van der Waals surface area contributed by atoms with E-state index in [9.17, 15) is 4.91 Å². The van der Waals surface area contributed by atoms with E-state index in [0.29, 0.717) is 10.7 Å². The average Bonchev–Trinajstić information content (AvgIpc) is 2.34. The highest BCUT2D eigenvalue weighted by Crippen LogP contribution is 2.26. The molecule has 3 nitrogen and oxygen atoms in total. The molecule has 0 saturated carbocycles. The van der Waals surface area contributed by atoms with Crippen molar-refractivity contribution < 1.29 is 0 Å². The molecule has 0 radical (unpaired) electrons. The van der Waals surface area contributed by atoms with Gasteiger partial charge in [-0.3, -0.25) is 0 Å². The number of hydrogen-bond acceptors (Lipinski definition) is 2. The second-order valence-corrected chi connectivity index (χ2v) is 3.64. The number of benzene rings is 2. The molecule has 80 valence electrons. The van der Waals surface area contributed by atoms with Gasteiger partial charge in [-0.1, -0.05) is 29.8 Å². The van der Waals surface area contributed by atoms with Crippen LogP contribution in [0.3, 0.4) is 0 Å². The smallest absolute Gasteiger partial charge is 0.0686 e. The van der Waals surface area contributed by atoms with E-state index in [1.54, 1.807) is 24.3 Å². The predicted octanol–water partition coefficient (Wildman–Crippen LogP) is 4.16. The van der Waals surface area contributed by atoms with Crippen molar-refractivity contribution in [2.75, 3.05) is 5.01 Å². The Balaban J connectivity index is 2.37. The van der Waals surface area contributed by atoms with E-state index in [-0.39, 0.29) is 0 Å². The summed E-state index contributed by atoms with van der Waals surface area (Å²) in [6.45, 7) is 0. The highest BCUT2D eigenvalue weighted by Gasteiger charge is 2.08. The van der Waals surface area contributed by atoms with Gasteiger partial charge in [0.1, 0.15) is 0 Å². The summed E-state index contributed by atoms with van der Waals surface area (Å²) in [4.78, 5) is 10.8. The third-order valence-corrected chi connectivity index (χ3v) is 2.41. The van der Waals surface area contributed by atoms with Gasteiger partial charge in [-0.2, -0.15) is 5.01 Å². The van der Waals surface area contributed by atoms with E-state index in [2.05, 4.69) is 5.29 Å². The Morgan fingerprint density at radius 2 is 1.44 bits per heavy atom. The highest BCUT2D eigenvalue weighted by atomic mass is 35.5. The standard InChI is InChI=1S/C12H9ClN2O/c13-10-6-8-12(9-7-10)15(14-16)11-4-2-1-3-5-11/h1-9H. The molecule has 2 rings (SSSR count). The van der Waals surface area contributed by atoms with Crippen LogP contribution in [0, 0.1) is 4.91 Å². The summed E-state index contributed by atoms with van der Waals surface area (Å²) in [6.07, 6.45) is 0. The topological polar surface area (TPSA) is 32.7 Å². The maximum atomic E-state index is 10.8. The Hall–Kier alpha value is -1.87. The molecule has 0 spiro atoms. The lowest BCUT2D eigenvalue weighted by Gasteiger charge is -2.14. The van der Waals surface area contributed by atoms with Crippen LogP contribution in [-0.4, -0.2) is 0 Å². The fourth-order valence-electron chi connectivity index (χ4n) is 1.39. The van der Waals surface area contributed by atoms with E-state index < -0.39 is 0 Å². The summed E-state index contributed by atoms with van der Waals surface area (Å²) in [5.74, 6) is 0. The minimum absolute atomic E-state index is 0.627. The molecule has 0 aliphatic heterocycles. The van der Waals surface area contributed by atoms with Crippen molar-refractivity contribution in [2.24, 2.45) is 5.29 Å². The zero-order chi connectivity index (χ0) is 11.4. The van der Waals surface area contributed by atoms with Crippen molar-refractivity contribution in [2.45, 2.75) is 0 Å². The molecule has 0 fully saturated rings. The summed E-state index contributed by atoms with van der Waals surface area (Å²) in [5.41, 5.74) is 1.41. The molecule has 16 heavy (non-hydrogen) atoms. The monoisotopic (exact) mass is 232 g/mol. The first kappa shape index (κ1) is 10.6. The number of rotatable bonds is 3. The van der Waals surface area contributed by atoms with Crippen LogP contribution in [0.5, 0.6) is 0 Å². The van der Waals surface area contributed by atoms with Gasteiger partial charge in [0.25, 0.3) is 0 Å². The fraction of sp³-hybridized carbons (Fsp3) is 0. The van der Waals surface area contributed by atoms with Gasteiger partial charge >= 0.3 is 0 Å². The number of nitrogens with zero attached hydrogens (tertiary/aromatic N) is 2. The van der Waals surface area contributed by atoms with E-state index in [4.69, 9.17) is 11.6 Å². The maximum absolute atomic E-state index is 10.8. The molecule has 2 aromatic carbocycles. The van der Waals surface area contributed by atoms with E-state index >= 15 is 0 Å². The predicted molar refractivity (Wildman–Crippen MR) is 65.8 cm³/mol. The van der Waals surface area contributed by atoms with Crippen LogP contribution in [0.1, 0.15) is 0 Å². The fourth-order valence-corrected chi connectivity index (χ4v) is 1.52. The zero-order valence-electron chi connectivity index (χ0n) is 8.38. The molecule has 0 heterocycles. The maximum Gasteiger partial charge on any atom is 0.0686 e. The van der Waals surface area contributed by atoms with Crippen LogP contribution < -0.4 is 5.01 Å². The van der Waals surface area contributed by atoms with E-state index in [1.165, 1.54) is 5.01 Å². The molecule has 0 aliphatic carbocycles. The van der Waals surface area contributed by atoms with Gasteiger partial charge in [0.05, 0.1) is 16.7 Å². The lowest BCUT2D eigenvalue weighted by molar-refractivity contribution is 1.07. The van der Waals surface area contributed by atoms with Crippen molar-refractivity contribution in [3.63, 3.8) is 0 Å². The number of halogens is 1. The van der Waals surface area contributed by atoms with Gasteiger partial charge in [-0.15, -0.1) is 4.91 Å². The van der Waals surface area contributed by atoms with Crippen LogP contribution in [0.4, 0.5) is 11.4 Å². The third-order valence-electron chi connectivity index (χ3n) is 2.15. The first-order valence-electron chi connectivity index (χ1n) is 4.75. The van der Waals surface area contributed by atoms with Crippen LogP contribution >= 0.6 is 11.6 Å². The second-order valence-electron chi connectivity index (χ2n) is 3.21. The van der Waals surface area contributed by atoms with Crippen molar-refractivity contribution >= 4 is 23.0 Å². The number of hydrogen-bond donors (Lipinski definition) is 0. The molecule has 2 aromatic rings. The molecule has 0 N–H and O–H groups in total. The second kappa shape index (κ2) is 4.77. The molecule has 0 atom stereocenters. The van der Waals surface area contributed by atoms with Gasteiger partial charge < -0.3 is 0 Å². The van der Waals surface area contributed by atoms with E-state index in [0.717, 1.165) is 5.69 Å². The third kappa shape index (κ3) is 2.20. The van der Waals surface area contributed by atoms with Crippen LogP contribution in [0.25, 0.3) is 0 Å². The SMILES string of the molecule is O=NN(c1ccccc1)c1ccc(Cl)cc1. The molecule has 0 aromatic heterocycles. The van der Waals surface area contributed by atoms with Crippen LogP contribution in [-0.2, 0) is 0 Å². The molecule has 4 heteroatoms. The highest BCUT2D eigenvalue weighted by molar-refractivity contribution is 6.30. The van der Waals surface area contributed by atoms with Gasteiger partial charge in [0.15, 0.2) is 0 Å². The Labute approximate surface area is 98.2 Å². The Kier molecular flexibility index (Phi) is 3.17. The van der Waals surface area contributed by atoms with Crippen LogP contribution in [0.15, 0.2) is 59.9 Å². The summed E-state index contributed by atoms with van der Waals surface area (Å²) < 4.78 is 0. The molecule has 0 bridgehead atoms. The Morgan fingerprint density at radius 3 is 2.00 bits per heavy atom. The zero-order valence-corrected chi connectivity index (χ0v) is 9.13. The summed E-state index contributed by atoms with van der Waals surface area (Å²) in [6, 6.07) is 16.1. The quantitative estimate of drug-likeness (QED) is 0.588. The van der Waals surface area contributed by atoms with Gasteiger partial charge in [0, 0.05) is 5.02 Å². The normalized spacial score (nSPS) is 9.81. The van der Waals surface area contributed by atoms with Crippen molar-refractivity contribution in [1.82, 2.24) is 0 Å². The lowest BCUT2D eigenvalue weighted by Crippen LogP contribution is -2.06. The molecular weight excluding hydrogens is 224 g/mol. The summed E-state index contributed by atoms with van der Waals surface area (Å²) in [7, 11) is 0. The minimum Gasteiger partial charge on any atom is -0.197 e. The first-order chi connectivity index (χ1) is 7.81. The Morgan fingerprint density at radius 1 is 0.875 bits per heavy atom. The molecule has 0 saturated heterocycles. The van der Waals surface area contributed by atoms with Crippen molar-refractivity contribution in [3.8, 4) is 0 Å². The van der Waals surface area contributed by atoms with Crippen LogP contribution in [0.2, 0.25) is 5.02 Å². The van der Waals surface area contributed by atoms with Crippen molar-refractivity contribution in [1.29, 1.82) is 0 Å². The molecule has 0 amide bonds. The molecule has 0 aliphatic rings. The first-order valence-corrected chi connectivity index (χ1v) is 5.13. The average molecular weight is 233 g/mol. The lowest BCUT2D eigenvalue weighted by atomic mass is 10.2. The van der Waals surface area contributed by atoms with Gasteiger partial charge in [-0.25, -0.2) is 0 Å². The Bertz CT molecular complexity index is 470. The van der Waals surface area contributed by atoms with Gasteiger partial charge in [-0.05, 0) is 36.4 Å². The summed E-state index contributed by atoms with van der Waals surface area (Å²) >= 11 is 5.78. The number of nitroso groups, excluding NO2 is 1. The summed E-state index contributed by atoms with van der Waals surface area (Å²) in [5, 5.41) is 4.94. The minimum atomic E-state index is 0.627. The number of para-hydroxylation sites is 1.